The van der Waals surface area contributed by atoms with E-state index < -0.39 is 11.9 Å². The van der Waals surface area contributed by atoms with Gasteiger partial charge in [-0.1, -0.05) is 56.0 Å². The van der Waals surface area contributed by atoms with E-state index in [9.17, 15) is 14.7 Å². The maximum atomic E-state index is 11.4. The van der Waals surface area contributed by atoms with Gasteiger partial charge in [-0.2, -0.15) is 0 Å². The van der Waals surface area contributed by atoms with E-state index >= 15 is 0 Å². The Morgan fingerprint density at radius 3 is 2.59 bits per heavy atom. The van der Waals surface area contributed by atoms with Crippen LogP contribution in [0.25, 0.3) is 0 Å². The summed E-state index contributed by atoms with van der Waals surface area (Å²) in [5.74, 6) is -0.963. The van der Waals surface area contributed by atoms with E-state index in [2.05, 4.69) is 0 Å². The van der Waals surface area contributed by atoms with E-state index in [0.717, 1.165) is 23.5 Å². The average molecular weight is 305 g/mol. The van der Waals surface area contributed by atoms with Crippen molar-refractivity contribution in [3.05, 3.63) is 35.9 Å². The fourth-order valence-electron chi connectivity index (χ4n) is 2.98. The Bertz CT molecular complexity index is 471. The van der Waals surface area contributed by atoms with Gasteiger partial charge in [-0.25, -0.2) is 5.06 Å². The van der Waals surface area contributed by atoms with Crippen LogP contribution in [0, 0.1) is 11.8 Å². The highest BCUT2D eigenvalue weighted by Gasteiger charge is 2.27. The first-order valence-corrected chi connectivity index (χ1v) is 7.80. The molecule has 1 atom stereocenters. The molecule has 5 heteroatoms. The Labute approximate surface area is 130 Å². The second-order valence-electron chi connectivity index (χ2n) is 5.89. The smallest absolute Gasteiger partial charge is 0.308 e. The Balaban J connectivity index is 1.85. The average Bonchev–Trinajstić information content (AvgIpc) is 3.04. The van der Waals surface area contributed by atoms with Gasteiger partial charge in [-0.15, -0.1) is 0 Å². The zero-order chi connectivity index (χ0) is 15.8. The summed E-state index contributed by atoms with van der Waals surface area (Å²) in [5.41, 5.74) is 0.942. The van der Waals surface area contributed by atoms with Gasteiger partial charge in [-0.3, -0.25) is 14.4 Å². The highest BCUT2D eigenvalue weighted by molar-refractivity contribution is 5.70. The van der Waals surface area contributed by atoms with Crippen molar-refractivity contribution in [3.8, 4) is 0 Å². The molecule has 1 N–H and O–H groups in total. The second-order valence-corrected chi connectivity index (χ2v) is 5.89. The van der Waals surface area contributed by atoms with Crippen molar-refractivity contribution in [1.29, 1.82) is 0 Å². The molecule has 0 radical (unpaired) electrons. The summed E-state index contributed by atoms with van der Waals surface area (Å²) < 4.78 is 0. The molecular formula is C17H23NO4. The van der Waals surface area contributed by atoms with Gasteiger partial charge in [0.25, 0.3) is 0 Å². The molecule has 1 aliphatic carbocycles. The summed E-state index contributed by atoms with van der Waals surface area (Å²) in [6.07, 6.45) is 5.73. The predicted octanol–water partition coefficient (Wildman–Crippen LogP) is 2.86. The van der Waals surface area contributed by atoms with Crippen LogP contribution in [0.2, 0.25) is 0 Å². The van der Waals surface area contributed by atoms with Crippen LogP contribution in [0.1, 0.15) is 37.7 Å². The maximum absolute atomic E-state index is 11.4. The van der Waals surface area contributed by atoms with Crippen LogP contribution in [-0.2, 0) is 21.0 Å². The molecule has 0 spiro atoms. The summed E-state index contributed by atoms with van der Waals surface area (Å²) in [6.45, 7) is 0.359. The van der Waals surface area contributed by atoms with Gasteiger partial charge in [0.15, 0.2) is 0 Å². The molecule has 1 unspecified atom stereocenters. The van der Waals surface area contributed by atoms with E-state index in [4.69, 9.17) is 4.84 Å². The molecule has 0 bridgehead atoms. The zero-order valence-corrected chi connectivity index (χ0v) is 12.7. The largest absolute Gasteiger partial charge is 0.481 e. The highest BCUT2D eigenvalue weighted by Crippen LogP contribution is 2.30. The van der Waals surface area contributed by atoms with Crippen LogP contribution in [0.3, 0.4) is 0 Å². The third-order valence-electron chi connectivity index (χ3n) is 4.20. The maximum Gasteiger partial charge on any atom is 0.308 e. The molecule has 1 saturated carbocycles. The topological polar surface area (TPSA) is 66.8 Å². The zero-order valence-electron chi connectivity index (χ0n) is 12.7. The van der Waals surface area contributed by atoms with Crippen LogP contribution < -0.4 is 0 Å². The van der Waals surface area contributed by atoms with Crippen LogP contribution >= 0.6 is 0 Å². The van der Waals surface area contributed by atoms with Gasteiger partial charge in [-0.05, 0) is 17.9 Å². The normalized spacial score (nSPS) is 16.4. The molecule has 22 heavy (non-hydrogen) atoms. The van der Waals surface area contributed by atoms with Crippen molar-refractivity contribution in [3.63, 3.8) is 0 Å². The van der Waals surface area contributed by atoms with Gasteiger partial charge in [0, 0.05) is 0 Å². The van der Waals surface area contributed by atoms with Crippen LogP contribution in [0.15, 0.2) is 30.3 Å². The lowest BCUT2D eigenvalue weighted by Crippen LogP contribution is -2.33. The number of benzene rings is 1. The van der Waals surface area contributed by atoms with E-state index in [1.165, 1.54) is 12.8 Å². The number of carboxylic acid groups (broad SMARTS) is 1. The first-order valence-electron chi connectivity index (χ1n) is 7.80. The van der Waals surface area contributed by atoms with E-state index in [-0.39, 0.29) is 13.2 Å². The van der Waals surface area contributed by atoms with Crippen molar-refractivity contribution >= 4 is 12.4 Å². The third kappa shape index (κ3) is 5.15. The van der Waals surface area contributed by atoms with Gasteiger partial charge in [0.05, 0.1) is 12.5 Å². The first-order chi connectivity index (χ1) is 10.7. The number of carboxylic acids is 1. The van der Waals surface area contributed by atoms with E-state index in [0.29, 0.717) is 18.7 Å². The molecule has 1 amide bonds. The van der Waals surface area contributed by atoms with Crippen molar-refractivity contribution in [2.24, 2.45) is 11.8 Å². The summed E-state index contributed by atoms with van der Waals surface area (Å²) >= 11 is 0. The monoisotopic (exact) mass is 305 g/mol. The van der Waals surface area contributed by atoms with Gasteiger partial charge < -0.3 is 5.11 Å². The predicted molar refractivity (Wildman–Crippen MR) is 81.7 cm³/mol. The molecule has 120 valence electrons. The molecule has 0 aromatic heterocycles. The Morgan fingerprint density at radius 2 is 2.00 bits per heavy atom. The number of amides is 1. The number of carbonyl (C=O) groups is 2. The fourth-order valence-corrected chi connectivity index (χ4v) is 2.98. The van der Waals surface area contributed by atoms with Crippen LogP contribution in [0.4, 0.5) is 0 Å². The second kappa shape index (κ2) is 8.54. The number of hydrogen-bond donors (Lipinski definition) is 1. The SMILES string of the molecule is O=CN(CC(CC1CCCC1)C(=O)O)OCc1ccccc1. The number of rotatable bonds is 9. The Morgan fingerprint density at radius 1 is 1.32 bits per heavy atom. The Kier molecular flexibility index (Phi) is 6.40. The first kappa shape index (κ1) is 16.5. The van der Waals surface area contributed by atoms with Crippen molar-refractivity contribution in [2.45, 2.75) is 38.7 Å². The quantitative estimate of drug-likeness (QED) is 0.563. The Hall–Kier alpha value is -1.88. The van der Waals surface area contributed by atoms with Crippen molar-refractivity contribution in [1.82, 2.24) is 5.06 Å². The molecule has 2 rings (SSSR count). The summed E-state index contributed by atoms with van der Waals surface area (Å²) in [5, 5.41) is 10.5. The number of aliphatic carboxylic acids is 1. The standard InChI is InChI=1S/C17H23NO4/c19-13-18(22-12-15-8-2-1-3-9-15)11-16(17(20)21)10-14-6-4-5-7-14/h1-3,8-9,13-14,16H,4-7,10-12H2,(H,20,21). The summed E-state index contributed by atoms with van der Waals surface area (Å²) in [6, 6.07) is 9.49. The minimum absolute atomic E-state index is 0.0994. The van der Waals surface area contributed by atoms with Gasteiger partial charge in [0.1, 0.15) is 6.61 Å². The molecule has 0 aliphatic heterocycles. The number of carbonyl (C=O) groups excluding carboxylic acids is 1. The molecular weight excluding hydrogens is 282 g/mol. The minimum Gasteiger partial charge on any atom is -0.481 e. The number of nitrogens with zero attached hydrogens (tertiary/aromatic N) is 1. The van der Waals surface area contributed by atoms with E-state index in [1.807, 2.05) is 30.3 Å². The van der Waals surface area contributed by atoms with Gasteiger partial charge in [0.2, 0.25) is 6.41 Å². The lowest BCUT2D eigenvalue weighted by molar-refractivity contribution is -0.184. The third-order valence-corrected chi connectivity index (χ3v) is 4.20. The number of hydrogen-bond acceptors (Lipinski definition) is 3. The molecule has 0 saturated heterocycles. The summed E-state index contributed by atoms with van der Waals surface area (Å²) in [7, 11) is 0. The molecule has 1 aliphatic rings. The molecule has 0 heterocycles. The van der Waals surface area contributed by atoms with Crippen LogP contribution in [0.5, 0.6) is 0 Å². The molecule has 5 nitrogen and oxygen atoms in total. The molecule has 1 fully saturated rings. The fraction of sp³-hybridized carbons (Fsp3) is 0.529. The number of hydroxylamine groups is 2. The lowest BCUT2D eigenvalue weighted by Gasteiger charge is -2.23. The molecule has 1 aromatic carbocycles. The van der Waals surface area contributed by atoms with Crippen LogP contribution in [-0.4, -0.2) is 29.1 Å². The minimum atomic E-state index is -0.859. The van der Waals surface area contributed by atoms with E-state index in [1.54, 1.807) is 0 Å². The highest BCUT2D eigenvalue weighted by atomic mass is 16.7. The summed E-state index contributed by atoms with van der Waals surface area (Å²) in [4.78, 5) is 28.0. The lowest BCUT2D eigenvalue weighted by atomic mass is 9.93. The van der Waals surface area contributed by atoms with Gasteiger partial charge >= 0.3 is 5.97 Å². The van der Waals surface area contributed by atoms with Crippen molar-refractivity contribution in [2.75, 3.05) is 6.54 Å². The van der Waals surface area contributed by atoms with Crippen molar-refractivity contribution < 1.29 is 19.5 Å². The molecule has 1 aromatic rings.